The Kier molecular flexibility index (Phi) is 3.00. The van der Waals surface area contributed by atoms with E-state index in [9.17, 15) is 26.3 Å². The Morgan fingerprint density at radius 3 is 1.17 bits per heavy atom. The van der Waals surface area contributed by atoms with Crippen LogP contribution < -0.4 is 0 Å². The second-order valence-electron chi connectivity index (χ2n) is 2.30. The minimum Gasteiger partial charge on any atom is -0.392 e. The van der Waals surface area contributed by atoms with Crippen LogP contribution in [0, 0.1) is 5.92 Å². The lowest BCUT2D eigenvalue weighted by Crippen LogP contribution is -2.43. The molecular weight excluding hydrogens is 190 g/mol. The number of hydrogen-bond donors (Lipinski definition) is 1. The average Bonchev–Trinajstić information content (AvgIpc) is 1.49. The number of alkyl halides is 6. The summed E-state index contributed by atoms with van der Waals surface area (Å²) in [5, 5.41) is 8.24. The van der Waals surface area contributed by atoms with Gasteiger partial charge in [0.2, 0.25) is 0 Å². The smallest absolute Gasteiger partial charge is 0.392 e. The molecule has 0 aromatic rings. The lowest BCUT2D eigenvalue weighted by molar-refractivity contribution is -0.304. The monoisotopic (exact) mass is 196 g/mol. The largest absolute Gasteiger partial charge is 0.402 e. The van der Waals surface area contributed by atoms with Crippen molar-refractivity contribution in [1.29, 1.82) is 0 Å². The van der Waals surface area contributed by atoms with Gasteiger partial charge in [-0.3, -0.25) is 0 Å². The standard InChI is InChI=1S/C5H6F6O/c1-2(12)3(4(6,7)8)5(9,10)11/h2-3,12H,1H3/t2-/m1/s1. The maximum Gasteiger partial charge on any atom is 0.402 e. The zero-order valence-electron chi connectivity index (χ0n) is 5.87. The molecule has 0 aromatic carbocycles. The number of hydrogen-bond acceptors (Lipinski definition) is 1. The first kappa shape index (κ1) is 11.5. The van der Waals surface area contributed by atoms with Crippen LogP contribution in [0.15, 0.2) is 0 Å². The Morgan fingerprint density at radius 1 is 0.917 bits per heavy atom. The van der Waals surface area contributed by atoms with Gasteiger partial charge in [0.05, 0.1) is 6.10 Å². The summed E-state index contributed by atoms with van der Waals surface area (Å²) in [4.78, 5) is 0. The second kappa shape index (κ2) is 3.12. The molecule has 0 rings (SSSR count). The fraction of sp³-hybridized carbons (Fsp3) is 1.00. The van der Waals surface area contributed by atoms with E-state index < -0.39 is 24.4 Å². The molecule has 0 heterocycles. The maximum absolute atomic E-state index is 11.6. The Bertz CT molecular complexity index is 131. The summed E-state index contributed by atoms with van der Waals surface area (Å²) in [6, 6.07) is 0. The fourth-order valence-corrected chi connectivity index (χ4v) is 0.733. The molecule has 0 aliphatic carbocycles. The molecule has 1 nitrogen and oxygen atoms in total. The van der Waals surface area contributed by atoms with E-state index in [1.54, 1.807) is 0 Å². The van der Waals surface area contributed by atoms with Gasteiger partial charge >= 0.3 is 12.4 Å². The molecule has 12 heavy (non-hydrogen) atoms. The van der Waals surface area contributed by atoms with Crippen LogP contribution in [-0.2, 0) is 0 Å². The lowest BCUT2D eigenvalue weighted by Gasteiger charge is -2.24. The summed E-state index contributed by atoms with van der Waals surface area (Å²) in [6.45, 7) is 0.450. The normalized spacial score (nSPS) is 16.8. The molecule has 0 aromatic heterocycles. The Labute approximate surface area is 64.0 Å². The van der Waals surface area contributed by atoms with Gasteiger partial charge in [0.1, 0.15) is 0 Å². The van der Waals surface area contributed by atoms with Gasteiger partial charge < -0.3 is 5.11 Å². The topological polar surface area (TPSA) is 20.2 Å². The minimum absolute atomic E-state index is 0.450. The zero-order valence-corrected chi connectivity index (χ0v) is 5.87. The van der Waals surface area contributed by atoms with Crippen molar-refractivity contribution in [2.24, 2.45) is 5.92 Å². The van der Waals surface area contributed by atoms with Gasteiger partial charge in [0.25, 0.3) is 0 Å². The van der Waals surface area contributed by atoms with Crippen LogP contribution in [0.25, 0.3) is 0 Å². The molecule has 0 unspecified atom stereocenters. The molecule has 1 N–H and O–H groups in total. The highest BCUT2D eigenvalue weighted by Crippen LogP contribution is 2.41. The predicted octanol–water partition coefficient (Wildman–Crippen LogP) is 2.11. The first-order chi connectivity index (χ1) is 5.07. The van der Waals surface area contributed by atoms with E-state index in [4.69, 9.17) is 5.11 Å². The molecule has 0 saturated heterocycles. The van der Waals surface area contributed by atoms with E-state index in [2.05, 4.69) is 0 Å². The van der Waals surface area contributed by atoms with Crippen LogP contribution in [0.3, 0.4) is 0 Å². The lowest BCUT2D eigenvalue weighted by atomic mass is 10.0. The summed E-state index contributed by atoms with van der Waals surface area (Å²) in [5.74, 6) is -3.66. The second-order valence-corrected chi connectivity index (χ2v) is 2.30. The van der Waals surface area contributed by atoms with E-state index in [1.807, 2.05) is 0 Å². The Morgan fingerprint density at radius 2 is 1.17 bits per heavy atom. The highest BCUT2D eigenvalue weighted by Gasteiger charge is 2.58. The van der Waals surface area contributed by atoms with E-state index in [-0.39, 0.29) is 0 Å². The summed E-state index contributed by atoms with van der Waals surface area (Å²) in [5.41, 5.74) is 0. The summed E-state index contributed by atoms with van der Waals surface area (Å²) in [7, 11) is 0. The van der Waals surface area contributed by atoms with Gasteiger partial charge in [-0.1, -0.05) is 0 Å². The SMILES string of the molecule is C[C@@H](O)C(C(F)(F)F)C(F)(F)F. The molecule has 7 heteroatoms. The van der Waals surface area contributed by atoms with Crippen LogP contribution in [0.2, 0.25) is 0 Å². The van der Waals surface area contributed by atoms with Crippen LogP contribution >= 0.6 is 0 Å². The number of rotatable bonds is 1. The molecule has 0 aliphatic heterocycles. The van der Waals surface area contributed by atoms with Gasteiger partial charge in [0, 0.05) is 0 Å². The van der Waals surface area contributed by atoms with E-state index in [0.29, 0.717) is 6.92 Å². The molecule has 0 aliphatic rings. The molecule has 0 bridgehead atoms. The summed E-state index contributed by atoms with van der Waals surface area (Å²) < 4.78 is 69.5. The van der Waals surface area contributed by atoms with Gasteiger partial charge in [-0.2, -0.15) is 26.3 Å². The van der Waals surface area contributed by atoms with Gasteiger partial charge in [0.15, 0.2) is 5.92 Å². The minimum atomic E-state index is -5.45. The number of aliphatic hydroxyl groups excluding tert-OH is 1. The van der Waals surface area contributed by atoms with Crippen molar-refractivity contribution in [3.63, 3.8) is 0 Å². The molecular formula is C5H6F6O. The molecule has 1 atom stereocenters. The zero-order chi connectivity index (χ0) is 10.2. The fourth-order valence-electron chi connectivity index (χ4n) is 0.733. The van der Waals surface area contributed by atoms with Crippen molar-refractivity contribution in [1.82, 2.24) is 0 Å². The Balaban J connectivity index is 4.70. The third-order valence-corrected chi connectivity index (χ3v) is 1.19. The van der Waals surface area contributed by atoms with Crippen LogP contribution in [-0.4, -0.2) is 23.6 Å². The number of aliphatic hydroxyl groups is 1. The molecule has 0 fully saturated rings. The molecule has 0 saturated carbocycles. The summed E-state index contributed by atoms with van der Waals surface area (Å²) >= 11 is 0. The van der Waals surface area contributed by atoms with Gasteiger partial charge in [-0.05, 0) is 6.92 Å². The van der Waals surface area contributed by atoms with Gasteiger partial charge in [-0.15, -0.1) is 0 Å². The third kappa shape index (κ3) is 2.88. The first-order valence-electron chi connectivity index (χ1n) is 2.88. The maximum atomic E-state index is 11.6. The van der Waals surface area contributed by atoms with Crippen LogP contribution in [0.1, 0.15) is 6.92 Å². The van der Waals surface area contributed by atoms with Crippen molar-refractivity contribution in [3.05, 3.63) is 0 Å². The Hall–Kier alpha value is -0.460. The van der Waals surface area contributed by atoms with Crippen molar-refractivity contribution in [2.75, 3.05) is 0 Å². The number of halogens is 6. The predicted molar refractivity (Wildman–Crippen MR) is 27.3 cm³/mol. The van der Waals surface area contributed by atoms with Crippen molar-refractivity contribution in [3.8, 4) is 0 Å². The molecule has 0 radical (unpaired) electrons. The van der Waals surface area contributed by atoms with Crippen molar-refractivity contribution in [2.45, 2.75) is 25.4 Å². The highest BCUT2D eigenvalue weighted by molar-refractivity contribution is 4.79. The van der Waals surface area contributed by atoms with Crippen LogP contribution in [0.4, 0.5) is 26.3 Å². The van der Waals surface area contributed by atoms with E-state index in [1.165, 1.54) is 0 Å². The van der Waals surface area contributed by atoms with E-state index >= 15 is 0 Å². The quantitative estimate of drug-likeness (QED) is 0.636. The van der Waals surface area contributed by atoms with Crippen molar-refractivity contribution < 1.29 is 31.4 Å². The third-order valence-electron chi connectivity index (χ3n) is 1.19. The van der Waals surface area contributed by atoms with Crippen LogP contribution in [0.5, 0.6) is 0 Å². The highest BCUT2D eigenvalue weighted by atomic mass is 19.4. The molecule has 74 valence electrons. The summed E-state index contributed by atoms with van der Waals surface area (Å²) in [6.07, 6.45) is -13.4. The van der Waals surface area contributed by atoms with E-state index in [0.717, 1.165) is 0 Å². The molecule has 0 amide bonds. The average molecular weight is 196 g/mol. The van der Waals surface area contributed by atoms with Gasteiger partial charge in [-0.25, -0.2) is 0 Å². The molecule has 0 spiro atoms. The van der Waals surface area contributed by atoms with Crippen molar-refractivity contribution >= 4 is 0 Å². The first-order valence-corrected chi connectivity index (χ1v) is 2.88.